The molecule has 1 aliphatic heterocycles. The first-order valence-electron chi connectivity index (χ1n) is 5.19. The van der Waals surface area contributed by atoms with Crippen molar-refractivity contribution in [2.75, 3.05) is 0 Å². The Balaban J connectivity index is 0.00000108. The van der Waals surface area contributed by atoms with Gasteiger partial charge in [0.1, 0.15) is 0 Å². The molecule has 0 aromatic carbocycles. The molecule has 0 nitrogen and oxygen atoms in total. The Morgan fingerprint density at radius 1 is 1.16 bits per heavy atom. The number of fused-ring (bicyclic) bond motifs is 2. The Bertz CT molecular complexity index is 558. The summed E-state index contributed by atoms with van der Waals surface area (Å²) in [5, 5.41) is 0.540. The quantitative estimate of drug-likeness (QED) is 0.340. The van der Waals surface area contributed by atoms with Gasteiger partial charge in [-0.25, -0.2) is 0 Å². The summed E-state index contributed by atoms with van der Waals surface area (Å²) in [7, 11) is 0. The van der Waals surface area contributed by atoms with Crippen LogP contribution < -0.4 is 37.2 Å². The molecule has 0 fully saturated rings. The SMILES string of the molecule is CC1=CC2=CC3SC(Br)=[C]([Zr+3])C3=C(C)C2=C1.[Cl-].[Cl-].[Cl-]. The van der Waals surface area contributed by atoms with Gasteiger partial charge < -0.3 is 37.2 Å². The van der Waals surface area contributed by atoms with Crippen molar-refractivity contribution in [3.63, 3.8) is 0 Å². The van der Waals surface area contributed by atoms with E-state index in [4.69, 9.17) is 0 Å². The van der Waals surface area contributed by atoms with E-state index in [0.717, 1.165) is 0 Å². The first-order chi connectivity index (χ1) is 7.58. The number of thioether (sulfide) groups is 1. The molecule has 6 heteroatoms. The van der Waals surface area contributed by atoms with Gasteiger partial charge in [-0.1, -0.05) is 0 Å². The topological polar surface area (TPSA) is 0 Å². The standard InChI is InChI=1S/C13H10BrS.3ClH.Zr/c1-7-3-9-5-12-11(6-13(14)15-12)8(2)10(9)4-7;;;;/h3-5,12H,1-2H3;3*1H;/q;;;;+3/p-3. The minimum absolute atomic E-state index is 0. The van der Waals surface area contributed by atoms with Crippen molar-refractivity contribution in [3.05, 3.63) is 53.2 Å². The van der Waals surface area contributed by atoms with E-state index < -0.39 is 0 Å². The molecule has 0 amide bonds. The maximum absolute atomic E-state index is 3.68. The summed E-state index contributed by atoms with van der Waals surface area (Å²) >= 11 is 7.13. The minimum atomic E-state index is 0. The van der Waals surface area contributed by atoms with Gasteiger partial charge in [0.05, 0.1) is 0 Å². The zero-order chi connectivity index (χ0) is 11.4. The fourth-order valence-electron chi connectivity index (χ4n) is 2.44. The van der Waals surface area contributed by atoms with E-state index in [9.17, 15) is 0 Å². The van der Waals surface area contributed by atoms with Crippen LogP contribution in [0.5, 0.6) is 0 Å². The summed E-state index contributed by atoms with van der Waals surface area (Å²) in [6, 6.07) is 0. The van der Waals surface area contributed by atoms with Gasteiger partial charge in [-0.15, -0.1) is 0 Å². The van der Waals surface area contributed by atoms with Crippen LogP contribution in [0, 0.1) is 0 Å². The summed E-state index contributed by atoms with van der Waals surface area (Å²) in [5.74, 6) is 0. The van der Waals surface area contributed by atoms with E-state index in [0.29, 0.717) is 5.25 Å². The van der Waals surface area contributed by atoms with Gasteiger partial charge in [-0.05, 0) is 0 Å². The Morgan fingerprint density at radius 2 is 1.79 bits per heavy atom. The average molecular weight is 476 g/mol. The predicted molar refractivity (Wildman–Crippen MR) is 70.0 cm³/mol. The maximum atomic E-state index is 3.68. The van der Waals surface area contributed by atoms with Crippen molar-refractivity contribution in [1.82, 2.24) is 0 Å². The molecule has 0 aromatic rings. The van der Waals surface area contributed by atoms with Crippen molar-refractivity contribution in [2.45, 2.75) is 19.1 Å². The van der Waals surface area contributed by atoms with Crippen LogP contribution in [0.25, 0.3) is 0 Å². The van der Waals surface area contributed by atoms with Crippen molar-refractivity contribution < 1.29 is 61.9 Å². The first-order valence-corrected chi connectivity index (χ1v) is 8.10. The fourth-order valence-corrected chi connectivity index (χ4v) is 5.87. The molecule has 0 saturated heterocycles. The van der Waals surface area contributed by atoms with Crippen LogP contribution in [-0.2, 0) is 24.7 Å². The molecule has 0 spiro atoms. The third-order valence-corrected chi connectivity index (χ3v) is 7.80. The normalized spacial score (nSPS) is 23.4. The monoisotopic (exact) mass is 472 g/mol. The van der Waals surface area contributed by atoms with Crippen LogP contribution in [0.2, 0.25) is 0 Å². The summed E-state index contributed by atoms with van der Waals surface area (Å²) in [6.45, 7) is 4.45. The number of hydrogen-bond acceptors (Lipinski definition) is 1. The van der Waals surface area contributed by atoms with E-state index >= 15 is 0 Å². The Morgan fingerprint density at radius 3 is 2.42 bits per heavy atom. The van der Waals surface area contributed by atoms with E-state index in [1.165, 1.54) is 54.1 Å². The molecular weight excluding hydrogens is 466 g/mol. The molecule has 1 atom stereocenters. The molecule has 0 saturated carbocycles. The number of hydrogen-bond donors (Lipinski definition) is 0. The van der Waals surface area contributed by atoms with E-state index in [-0.39, 0.29) is 37.2 Å². The maximum Gasteiger partial charge on any atom is -1.00 e. The molecule has 0 bridgehead atoms. The van der Waals surface area contributed by atoms with Crippen molar-refractivity contribution in [3.8, 4) is 0 Å². The van der Waals surface area contributed by atoms with Gasteiger partial charge in [0.25, 0.3) is 0 Å². The summed E-state index contributed by atoms with van der Waals surface area (Å²) in [5.41, 5.74) is 7.26. The molecule has 19 heavy (non-hydrogen) atoms. The van der Waals surface area contributed by atoms with E-state index in [1.807, 2.05) is 11.8 Å². The molecule has 2 aliphatic carbocycles. The summed E-state index contributed by atoms with van der Waals surface area (Å²) < 4.78 is 2.84. The second-order valence-corrected chi connectivity index (χ2v) is 7.99. The molecule has 3 rings (SSSR count). The summed E-state index contributed by atoms with van der Waals surface area (Å²) in [4.78, 5) is 0. The van der Waals surface area contributed by atoms with Crippen LogP contribution in [0.1, 0.15) is 13.8 Å². The number of allylic oxidation sites excluding steroid dienone is 7. The minimum Gasteiger partial charge on any atom is -1.00 e. The van der Waals surface area contributed by atoms with Gasteiger partial charge >= 0.3 is 125 Å². The van der Waals surface area contributed by atoms with Crippen LogP contribution in [0.3, 0.4) is 0 Å². The number of halogens is 4. The van der Waals surface area contributed by atoms with Gasteiger partial charge in [0.15, 0.2) is 0 Å². The molecule has 0 aromatic heterocycles. The second-order valence-electron chi connectivity index (χ2n) is 4.29. The van der Waals surface area contributed by atoms with Crippen molar-refractivity contribution in [1.29, 1.82) is 0 Å². The van der Waals surface area contributed by atoms with E-state index in [1.54, 1.807) is 5.57 Å². The Labute approximate surface area is 160 Å². The van der Waals surface area contributed by atoms with Gasteiger partial charge in [0.2, 0.25) is 0 Å². The molecule has 3 aliphatic rings. The average Bonchev–Trinajstić information content (AvgIpc) is 2.70. The third-order valence-electron chi connectivity index (χ3n) is 3.19. The predicted octanol–water partition coefficient (Wildman–Crippen LogP) is -4.63. The zero-order valence-corrected chi connectivity index (χ0v) is 17.4. The zero-order valence-electron chi connectivity index (χ0n) is 10.2. The van der Waals surface area contributed by atoms with Crippen molar-refractivity contribution >= 4 is 27.7 Å². The third kappa shape index (κ3) is 3.38. The first kappa shape index (κ1) is 20.3. The molecule has 0 radical (unpaired) electrons. The molecule has 0 N–H and O–H groups in total. The molecule has 100 valence electrons. The smallest absolute Gasteiger partial charge is 1.00 e. The summed E-state index contributed by atoms with van der Waals surface area (Å²) in [6.07, 6.45) is 7.02. The molecule has 1 heterocycles. The largest absolute Gasteiger partial charge is 1.00 e. The second kappa shape index (κ2) is 7.52. The van der Waals surface area contributed by atoms with Crippen LogP contribution in [-0.4, -0.2) is 5.25 Å². The molecule has 1 unspecified atom stereocenters. The van der Waals surface area contributed by atoms with Crippen LogP contribution in [0.4, 0.5) is 0 Å². The van der Waals surface area contributed by atoms with E-state index in [2.05, 4.69) is 48.0 Å². The number of rotatable bonds is 0. The fraction of sp³-hybridized carbons (Fsp3) is 0.231. The molecular formula is C13H10BrCl3SZr. The Hall–Kier alpha value is 1.28. The van der Waals surface area contributed by atoms with Crippen LogP contribution in [0.15, 0.2) is 53.2 Å². The van der Waals surface area contributed by atoms with Gasteiger partial charge in [0, 0.05) is 0 Å². The van der Waals surface area contributed by atoms with Crippen molar-refractivity contribution in [2.24, 2.45) is 0 Å². The van der Waals surface area contributed by atoms with Crippen LogP contribution >= 0.6 is 27.7 Å². The van der Waals surface area contributed by atoms with Gasteiger partial charge in [-0.3, -0.25) is 0 Å². The Kier molecular flexibility index (Phi) is 8.02. The van der Waals surface area contributed by atoms with Gasteiger partial charge in [-0.2, -0.15) is 0 Å².